The highest BCUT2D eigenvalue weighted by Gasteiger charge is 2.12. The van der Waals surface area contributed by atoms with E-state index in [2.05, 4.69) is 25.3 Å². The molecule has 0 saturated heterocycles. The number of amides is 1. The van der Waals surface area contributed by atoms with Gasteiger partial charge >= 0.3 is 0 Å². The fourth-order valence-corrected chi connectivity index (χ4v) is 3.00. The summed E-state index contributed by atoms with van der Waals surface area (Å²) < 4.78 is 1.78. The summed E-state index contributed by atoms with van der Waals surface area (Å²) in [5.74, 6) is 1.05. The van der Waals surface area contributed by atoms with Gasteiger partial charge in [0.15, 0.2) is 5.82 Å². The molecule has 0 aliphatic rings. The van der Waals surface area contributed by atoms with Crippen LogP contribution in [-0.2, 0) is 11.3 Å². The molecule has 0 saturated carbocycles. The molecule has 29 heavy (non-hydrogen) atoms. The lowest BCUT2D eigenvalue weighted by atomic mass is 10.1. The number of carbonyl (C=O) groups is 1. The van der Waals surface area contributed by atoms with E-state index in [4.69, 9.17) is 0 Å². The molecule has 1 N–H and O–H groups in total. The first kappa shape index (κ1) is 18.5. The summed E-state index contributed by atoms with van der Waals surface area (Å²) in [5.41, 5.74) is 4.45. The SMILES string of the molecule is Cc1cccc(NC(=O)Cn2ccnc2-c2cnc(-c3ccccn3)nc2)c1C. The van der Waals surface area contributed by atoms with Crippen molar-refractivity contribution in [1.82, 2.24) is 24.5 Å². The molecule has 0 aliphatic heterocycles. The van der Waals surface area contributed by atoms with Gasteiger partial charge in [-0.05, 0) is 43.2 Å². The summed E-state index contributed by atoms with van der Waals surface area (Å²) in [6, 6.07) is 11.4. The number of nitrogens with zero attached hydrogens (tertiary/aromatic N) is 5. The minimum Gasteiger partial charge on any atom is -0.324 e. The summed E-state index contributed by atoms with van der Waals surface area (Å²) in [4.78, 5) is 30.0. The third kappa shape index (κ3) is 4.03. The Bertz CT molecular complexity index is 1140. The molecule has 3 heterocycles. The van der Waals surface area contributed by atoms with Crippen LogP contribution in [-0.4, -0.2) is 30.4 Å². The zero-order valence-corrected chi connectivity index (χ0v) is 16.2. The van der Waals surface area contributed by atoms with Crippen molar-refractivity contribution in [2.24, 2.45) is 0 Å². The van der Waals surface area contributed by atoms with Gasteiger partial charge in [0.05, 0.1) is 5.56 Å². The monoisotopic (exact) mass is 384 g/mol. The van der Waals surface area contributed by atoms with Gasteiger partial charge in [-0.3, -0.25) is 9.78 Å². The molecular weight excluding hydrogens is 364 g/mol. The van der Waals surface area contributed by atoms with Crippen molar-refractivity contribution in [3.63, 3.8) is 0 Å². The number of rotatable bonds is 5. The third-order valence-corrected chi connectivity index (χ3v) is 4.71. The first-order valence-corrected chi connectivity index (χ1v) is 9.23. The molecule has 144 valence electrons. The van der Waals surface area contributed by atoms with Crippen LogP contribution in [0.4, 0.5) is 5.69 Å². The Morgan fingerprint density at radius 1 is 0.966 bits per heavy atom. The molecule has 1 aromatic carbocycles. The molecule has 0 unspecified atom stereocenters. The van der Waals surface area contributed by atoms with Gasteiger partial charge in [0.25, 0.3) is 0 Å². The first-order valence-electron chi connectivity index (χ1n) is 9.23. The number of imidazole rings is 1. The minimum absolute atomic E-state index is 0.121. The summed E-state index contributed by atoms with van der Waals surface area (Å²) in [6.07, 6.45) is 8.52. The number of carbonyl (C=O) groups excluding carboxylic acids is 1. The second-order valence-corrected chi connectivity index (χ2v) is 6.68. The van der Waals surface area contributed by atoms with Gasteiger partial charge in [0, 0.05) is 36.7 Å². The second kappa shape index (κ2) is 8.02. The fourth-order valence-electron chi connectivity index (χ4n) is 3.00. The zero-order valence-electron chi connectivity index (χ0n) is 16.2. The van der Waals surface area contributed by atoms with Gasteiger partial charge in [-0.1, -0.05) is 18.2 Å². The van der Waals surface area contributed by atoms with Crippen molar-refractivity contribution in [2.45, 2.75) is 20.4 Å². The van der Waals surface area contributed by atoms with E-state index in [1.54, 1.807) is 35.6 Å². The Labute approximate surface area is 168 Å². The lowest BCUT2D eigenvalue weighted by Crippen LogP contribution is -2.19. The molecule has 3 aromatic heterocycles. The largest absolute Gasteiger partial charge is 0.324 e. The van der Waals surface area contributed by atoms with Crippen LogP contribution in [0.3, 0.4) is 0 Å². The number of anilines is 1. The van der Waals surface area contributed by atoms with Crippen LogP contribution >= 0.6 is 0 Å². The van der Waals surface area contributed by atoms with Crippen LogP contribution in [0, 0.1) is 13.8 Å². The topological polar surface area (TPSA) is 85.6 Å². The Balaban J connectivity index is 1.51. The highest BCUT2D eigenvalue weighted by atomic mass is 16.1. The van der Waals surface area contributed by atoms with Crippen LogP contribution in [0.1, 0.15) is 11.1 Å². The predicted molar refractivity (Wildman–Crippen MR) is 111 cm³/mol. The van der Waals surface area contributed by atoms with Crippen molar-refractivity contribution in [3.05, 3.63) is 78.5 Å². The minimum atomic E-state index is -0.121. The molecule has 0 radical (unpaired) electrons. The number of aryl methyl sites for hydroxylation is 1. The Hall–Kier alpha value is -3.87. The van der Waals surface area contributed by atoms with E-state index in [1.807, 2.05) is 50.2 Å². The molecule has 7 nitrogen and oxygen atoms in total. The van der Waals surface area contributed by atoms with E-state index in [1.165, 1.54) is 0 Å². The van der Waals surface area contributed by atoms with Crippen molar-refractivity contribution in [3.8, 4) is 22.9 Å². The summed E-state index contributed by atoms with van der Waals surface area (Å²) in [7, 11) is 0. The third-order valence-electron chi connectivity index (χ3n) is 4.71. The molecule has 0 fully saturated rings. The molecule has 0 aliphatic carbocycles. The maximum absolute atomic E-state index is 12.6. The van der Waals surface area contributed by atoms with E-state index in [0.29, 0.717) is 17.3 Å². The Kier molecular flexibility index (Phi) is 5.11. The van der Waals surface area contributed by atoms with Crippen LogP contribution in [0.25, 0.3) is 22.9 Å². The van der Waals surface area contributed by atoms with E-state index in [9.17, 15) is 4.79 Å². The van der Waals surface area contributed by atoms with Gasteiger partial charge in [-0.15, -0.1) is 0 Å². The molecule has 0 atom stereocenters. The lowest BCUT2D eigenvalue weighted by molar-refractivity contribution is -0.116. The molecule has 0 bridgehead atoms. The van der Waals surface area contributed by atoms with Crippen molar-refractivity contribution < 1.29 is 4.79 Å². The summed E-state index contributed by atoms with van der Waals surface area (Å²) in [6.45, 7) is 4.16. The summed E-state index contributed by atoms with van der Waals surface area (Å²) in [5, 5.41) is 2.97. The van der Waals surface area contributed by atoms with Gasteiger partial charge in [-0.25, -0.2) is 15.0 Å². The van der Waals surface area contributed by atoms with Crippen molar-refractivity contribution >= 4 is 11.6 Å². The maximum atomic E-state index is 12.6. The second-order valence-electron chi connectivity index (χ2n) is 6.68. The number of hydrogen-bond donors (Lipinski definition) is 1. The number of hydrogen-bond acceptors (Lipinski definition) is 5. The lowest BCUT2D eigenvalue weighted by Gasteiger charge is -2.12. The van der Waals surface area contributed by atoms with E-state index >= 15 is 0 Å². The molecule has 1 amide bonds. The van der Waals surface area contributed by atoms with Crippen molar-refractivity contribution in [2.75, 3.05) is 5.32 Å². The number of nitrogens with one attached hydrogen (secondary N) is 1. The molecular formula is C22H20N6O. The van der Waals surface area contributed by atoms with Crippen LogP contribution in [0.15, 0.2) is 67.4 Å². The smallest absolute Gasteiger partial charge is 0.244 e. The average Bonchev–Trinajstić information content (AvgIpc) is 3.20. The summed E-state index contributed by atoms with van der Waals surface area (Å²) >= 11 is 0. The molecule has 4 aromatic rings. The van der Waals surface area contributed by atoms with Gasteiger partial charge in [0.2, 0.25) is 5.91 Å². The quantitative estimate of drug-likeness (QED) is 0.568. The van der Waals surface area contributed by atoms with Crippen molar-refractivity contribution in [1.29, 1.82) is 0 Å². The highest BCUT2D eigenvalue weighted by Crippen LogP contribution is 2.20. The molecule has 0 spiro atoms. The van der Waals surface area contributed by atoms with E-state index < -0.39 is 0 Å². The first-order chi connectivity index (χ1) is 14.1. The van der Waals surface area contributed by atoms with Gasteiger partial charge in [-0.2, -0.15) is 0 Å². The standard InChI is InChI=1S/C22H20N6O/c1-15-6-5-8-18(16(15)2)27-20(29)14-28-11-10-24-22(28)17-12-25-21(26-13-17)19-7-3-4-9-23-19/h3-13H,14H2,1-2H3,(H,27,29). The number of pyridine rings is 1. The number of benzene rings is 1. The normalized spacial score (nSPS) is 10.7. The van der Waals surface area contributed by atoms with Gasteiger partial charge in [0.1, 0.15) is 18.1 Å². The Morgan fingerprint density at radius 2 is 1.79 bits per heavy atom. The van der Waals surface area contributed by atoms with E-state index in [0.717, 1.165) is 22.4 Å². The Morgan fingerprint density at radius 3 is 2.55 bits per heavy atom. The zero-order chi connectivity index (χ0) is 20.2. The van der Waals surface area contributed by atoms with Crippen LogP contribution in [0.5, 0.6) is 0 Å². The van der Waals surface area contributed by atoms with E-state index in [-0.39, 0.29) is 12.5 Å². The maximum Gasteiger partial charge on any atom is 0.244 e. The van der Waals surface area contributed by atoms with Crippen LogP contribution in [0.2, 0.25) is 0 Å². The fraction of sp³-hybridized carbons (Fsp3) is 0.136. The molecule has 7 heteroatoms. The highest BCUT2D eigenvalue weighted by molar-refractivity contribution is 5.91. The number of aromatic nitrogens is 5. The van der Waals surface area contributed by atoms with Gasteiger partial charge < -0.3 is 9.88 Å². The molecule has 4 rings (SSSR count). The predicted octanol–water partition coefficient (Wildman–Crippen LogP) is 3.66. The average molecular weight is 384 g/mol. The van der Waals surface area contributed by atoms with Crippen LogP contribution < -0.4 is 5.32 Å².